The van der Waals surface area contributed by atoms with E-state index in [1.807, 2.05) is 48.5 Å². The molecular formula is C22H21NO2. The first-order valence-electron chi connectivity index (χ1n) is 8.86. The molecule has 0 amide bonds. The lowest BCUT2D eigenvalue weighted by Gasteiger charge is -2.31. The average Bonchev–Trinajstić information content (AvgIpc) is 3.01. The van der Waals surface area contributed by atoms with Crippen molar-refractivity contribution in [2.24, 2.45) is 10.9 Å². The summed E-state index contributed by atoms with van der Waals surface area (Å²) in [5.74, 6) is 0.294. The minimum Gasteiger partial charge on any atom is -0.405 e. The fourth-order valence-corrected chi connectivity index (χ4v) is 3.72. The molecule has 1 aliphatic heterocycles. The van der Waals surface area contributed by atoms with Crippen molar-refractivity contribution >= 4 is 11.9 Å². The van der Waals surface area contributed by atoms with Crippen LogP contribution in [0.3, 0.4) is 0 Å². The molecule has 4 rings (SSSR count). The molecule has 2 aliphatic rings. The van der Waals surface area contributed by atoms with Gasteiger partial charge in [0.05, 0.1) is 0 Å². The van der Waals surface area contributed by atoms with Crippen LogP contribution in [0.1, 0.15) is 30.4 Å². The summed E-state index contributed by atoms with van der Waals surface area (Å²) in [7, 11) is 0. The van der Waals surface area contributed by atoms with Gasteiger partial charge in [-0.05, 0) is 37.0 Å². The summed E-state index contributed by atoms with van der Waals surface area (Å²) in [6.07, 6.45) is 8.01. The van der Waals surface area contributed by atoms with E-state index in [1.165, 1.54) is 0 Å². The van der Waals surface area contributed by atoms with Gasteiger partial charge in [0.1, 0.15) is 0 Å². The second-order valence-corrected chi connectivity index (χ2v) is 6.72. The molecule has 0 bridgehead atoms. The number of esters is 1. The smallest absolute Gasteiger partial charge is 0.341 e. The first-order chi connectivity index (χ1) is 12.3. The van der Waals surface area contributed by atoms with Gasteiger partial charge in [-0.15, -0.1) is 0 Å². The van der Waals surface area contributed by atoms with Gasteiger partial charge in [0.2, 0.25) is 5.90 Å². The van der Waals surface area contributed by atoms with Gasteiger partial charge in [0, 0.05) is 17.9 Å². The molecule has 0 aromatic heterocycles. The zero-order chi connectivity index (χ0) is 17.1. The molecule has 0 spiro atoms. The van der Waals surface area contributed by atoms with Crippen molar-refractivity contribution in [1.82, 2.24) is 0 Å². The lowest BCUT2D eigenvalue weighted by Crippen LogP contribution is -2.44. The lowest BCUT2D eigenvalue weighted by atomic mass is 9.75. The maximum atomic E-state index is 13.0. The van der Waals surface area contributed by atoms with Crippen LogP contribution in [0, 0.1) is 5.92 Å². The quantitative estimate of drug-likeness (QED) is 0.618. The highest BCUT2D eigenvalue weighted by molar-refractivity contribution is 6.08. The molecule has 126 valence electrons. The monoisotopic (exact) mass is 331 g/mol. The van der Waals surface area contributed by atoms with E-state index >= 15 is 0 Å². The van der Waals surface area contributed by atoms with Crippen molar-refractivity contribution < 1.29 is 9.53 Å². The predicted octanol–water partition coefficient (Wildman–Crippen LogP) is 4.33. The number of benzene rings is 2. The van der Waals surface area contributed by atoms with E-state index in [0.717, 1.165) is 30.4 Å². The zero-order valence-electron chi connectivity index (χ0n) is 14.1. The zero-order valence-corrected chi connectivity index (χ0v) is 14.1. The van der Waals surface area contributed by atoms with Gasteiger partial charge >= 0.3 is 5.97 Å². The Morgan fingerprint density at radius 3 is 2.44 bits per heavy atom. The number of allylic oxidation sites excluding steroid dienone is 1. The van der Waals surface area contributed by atoms with Crippen molar-refractivity contribution in [2.45, 2.75) is 31.2 Å². The predicted molar refractivity (Wildman–Crippen MR) is 98.4 cm³/mol. The molecule has 0 saturated carbocycles. The highest BCUT2D eigenvalue weighted by atomic mass is 16.6. The molecule has 1 heterocycles. The van der Waals surface area contributed by atoms with E-state index in [-0.39, 0.29) is 11.9 Å². The molecule has 3 heteroatoms. The van der Waals surface area contributed by atoms with Crippen molar-refractivity contribution in [3.63, 3.8) is 0 Å². The molecule has 0 saturated heterocycles. The minimum atomic E-state index is -0.858. The third-order valence-electron chi connectivity index (χ3n) is 5.05. The van der Waals surface area contributed by atoms with Crippen LogP contribution < -0.4 is 0 Å². The Morgan fingerprint density at radius 2 is 1.76 bits per heavy atom. The van der Waals surface area contributed by atoms with Gasteiger partial charge in [-0.2, -0.15) is 0 Å². The van der Waals surface area contributed by atoms with E-state index in [2.05, 4.69) is 24.3 Å². The molecule has 1 aliphatic carbocycles. The summed E-state index contributed by atoms with van der Waals surface area (Å²) in [5, 5.41) is 0. The number of aliphatic imine (C=N–C) groups is 1. The Labute approximate surface area is 148 Å². The van der Waals surface area contributed by atoms with Crippen LogP contribution in [-0.2, 0) is 16.0 Å². The SMILES string of the molecule is O=C1OC(c2ccccc2)=N[C@@]1(Cc1ccccc1)[C@@H]1C=CCCC1. The second kappa shape index (κ2) is 6.67. The Bertz CT molecular complexity index is 810. The highest BCUT2D eigenvalue weighted by Crippen LogP contribution is 2.39. The normalized spacial score (nSPS) is 25.5. The summed E-state index contributed by atoms with van der Waals surface area (Å²) >= 11 is 0. The maximum absolute atomic E-state index is 13.0. The molecule has 2 aromatic rings. The number of ether oxygens (including phenoxy) is 1. The topological polar surface area (TPSA) is 38.7 Å². The molecule has 0 fully saturated rings. The number of carbonyl (C=O) groups excluding carboxylic acids is 1. The van der Waals surface area contributed by atoms with E-state index in [0.29, 0.717) is 12.3 Å². The number of cyclic esters (lactones) is 1. The van der Waals surface area contributed by atoms with Crippen molar-refractivity contribution in [3.8, 4) is 0 Å². The van der Waals surface area contributed by atoms with Gasteiger partial charge in [-0.1, -0.05) is 60.7 Å². The van der Waals surface area contributed by atoms with Crippen LogP contribution in [0.15, 0.2) is 77.8 Å². The lowest BCUT2D eigenvalue weighted by molar-refractivity contribution is -0.140. The summed E-state index contributed by atoms with van der Waals surface area (Å²) in [4.78, 5) is 17.9. The summed E-state index contributed by atoms with van der Waals surface area (Å²) in [5.41, 5.74) is 1.10. The Hall–Kier alpha value is -2.68. The number of nitrogens with zero attached hydrogens (tertiary/aromatic N) is 1. The molecule has 2 atom stereocenters. The van der Waals surface area contributed by atoms with E-state index in [9.17, 15) is 4.79 Å². The molecule has 0 unspecified atom stereocenters. The van der Waals surface area contributed by atoms with E-state index in [1.54, 1.807) is 0 Å². The van der Waals surface area contributed by atoms with Crippen molar-refractivity contribution in [3.05, 3.63) is 83.9 Å². The van der Waals surface area contributed by atoms with Gasteiger partial charge in [-0.3, -0.25) is 0 Å². The summed E-state index contributed by atoms with van der Waals surface area (Å²) < 4.78 is 5.67. The molecule has 25 heavy (non-hydrogen) atoms. The third-order valence-corrected chi connectivity index (χ3v) is 5.05. The first kappa shape index (κ1) is 15.8. The van der Waals surface area contributed by atoms with Crippen LogP contribution in [-0.4, -0.2) is 17.4 Å². The van der Waals surface area contributed by atoms with Crippen LogP contribution in [0.4, 0.5) is 0 Å². The number of hydrogen-bond acceptors (Lipinski definition) is 3. The fraction of sp³-hybridized carbons (Fsp3) is 0.273. The minimum absolute atomic E-state index is 0.0789. The second-order valence-electron chi connectivity index (χ2n) is 6.72. The van der Waals surface area contributed by atoms with Crippen molar-refractivity contribution in [2.75, 3.05) is 0 Å². The molecule has 3 nitrogen and oxygen atoms in total. The first-order valence-corrected chi connectivity index (χ1v) is 8.86. The van der Waals surface area contributed by atoms with Crippen LogP contribution >= 0.6 is 0 Å². The highest BCUT2D eigenvalue weighted by Gasteiger charge is 2.51. The number of rotatable bonds is 4. The number of hydrogen-bond donors (Lipinski definition) is 0. The van der Waals surface area contributed by atoms with Crippen LogP contribution in [0.25, 0.3) is 0 Å². The van der Waals surface area contributed by atoms with E-state index < -0.39 is 5.54 Å². The standard InChI is InChI=1S/C22H21NO2/c24-21-22(19-14-8-3-9-15-19,16-17-10-4-1-5-11-17)23-20(25-21)18-12-6-2-7-13-18/h1-2,4-8,10-14,19H,3,9,15-16H2/t19-,22+/m1/s1. The summed E-state index contributed by atoms with van der Waals surface area (Å²) in [6, 6.07) is 19.8. The fourth-order valence-electron chi connectivity index (χ4n) is 3.72. The van der Waals surface area contributed by atoms with Gasteiger partial charge < -0.3 is 4.74 Å². The third kappa shape index (κ3) is 3.02. The maximum Gasteiger partial charge on any atom is 0.341 e. The van der Waals surface area contributed by atoms with Gasteiger partial charge in [0.15, 0.2) is 5.54 Å². The van der Waals surface area contributed by atoms with Crippen LogP contribution in [0.2, 0.25) is 0 Å². The van der Waals surface area contributed by atoms with Crippen LogP contribution in [0.5, 0.6) is 0 Å². The molecule has 2 aromatic carbocycles. The van der Waals surface area contributed by atoms with Gasteiger partial charge in [-0.25, -0.2) is 9.79 Å². The molecule has 0 N–H and O–H groups in total. The largest absolute Gasteiger partial charge is 0.405 e. The Morgan fingerprint density at radius 1 is 1.04 bits per heavy atom. The Kier molecular flexibility index (Phi) is 4.22. The van der Waals surface area contributed by atoms with Gasteiger partial charge in [0.25, 0.3) is 0 Å². The number of carbonyl (C=O) groups is 1. The van der Waals surface area contributed by atoms with Crippen molar-refractivity contribution in [1.29, 1.82) is 0 Å². The molecular weight excluding hydrogens is 310 g/mol. The van der Waals surface area contributed by atoms with E-state index in [4.69, 9.17) is 9.73 Å². The Balaban J connectivity index is 1.77. The average molecular weight is 331 g/mol. The summed E-state index contributed by atoms with van der Waals surface area (Å²) in [6.45, 7) is 0. The molecule has 0 radical (unpaired) electrons.